The molecule has 2 aromatic rings. The minimum Gasteiger partial charge on any atom is -0.497 e. The normalized spacial score (nSPS) is 14.8. The number of methoxy groups -OCH3 is 1. The second-order valence-electron chi connectivity index (χ2n) is 5.30. The molecule has 3 rings (SSSR count). The average molecular weight is 284 g/mol. The highest BCUT2D eigenvalue weighted by atomic mass is 16.5. The molecule has 1 aliphatic rings. The molecule has 110 valence electrons. The first-order valence-corrected chi connectivity index (χ1v) is 7.08. The third-order valence-electron chi connectivity index (χ3n) is 3.92. The van der Waals surface area contributed by atoms with Gasteiger partial charge in [0.1, 0.15) is 5.75 Å². The highest BCUT2D eigenvalue weighted by Gasteiger charge is 2.16. The molecule has 1 atom stereocenters. The van der Waals surface area contributed by atoms with Crippen LogP contribution in [-0.2, 0) is 24.4 Å². The van der Waals surface area contributed by atoms with Crippen molar-refractivity contribution < 1.29 is 9.47 Å². The van der Waals surface area contributed by atoms with Gasteiger partial charge in [-0.15, -0.1) is 0 Å². The van der Waals surface area contributed by atoms with E-state index in [1.54, 1.807) is 7.11 Å². The van der Waals surface area contributed by atoms with E-state index in [0.29, 0.717) is 13.2 Å². The van der Waals surface area contributed by atoms with Crippen LogP contribution in [0.25, 0.3) is 0 Å². The Kier molecular flexibility index (Phi) is 4.20. The molecule has 0 radical (unpaired) electrons. The van der Waals surface area contributed by atoms with Crippen LogP contribution in [0.15, 0.2) is 42.5 Å². The summed E-state index contributed by atoms with van der Waals surface area (Å²) in [6.45, 7) is 1.41. The maximum absolute atomic E-state index is 5.76. The monoisotopic (exact) mass is 284 g/mol. The van der Waals surface area contributed by atoms with Crippen molar-refractivity contribution in [2.24, 2.45) is 5.84 Å². The van der Waals surface area contributed by atoms with Gasteiger partial charge in [-0.3, -0.25) is 11.3 Å². The van der Waals surface area contributed by atoms with E-state index >= 15 is 0 Å². The summed E-state index contributed by atoms with van der Waals surface area (Å²) in [7, 11) is 1.68. The van der Waals surface area contributed by atoms with Crippen molar-refractivity contribution in [3.8, 4) is 5.75 Å². The van der Waals surface area contributed by atoms with Crippen molar-refractivity contribution >= 4 is 0 Å². The predicted octanol–water partition coefficient (Wildman–Crippen LogP) is 2.47. The molecule has 0 fully saturated rings. The number of benzene rings is 2. The van der Waals surface area contributed by atoms with Crippen LogP contribution in [0.4, 0.5) is 0 Å². The molecule has 1 heterocycles. The number of hydrogen-bond donors (Lipinski definition) is 2. The quantitative estimate of drug-likeness (QED) is 0.654. The molecule has 21 heavy (non-hydrogen) atoms. The third-order valence-corrected chi connectivity index (χ3v) is 3.92. The number of nitrogens with one attached hydrogen (secondary N) is 1. The molecule has 0 saturated heterocycles. The van der Waals surface area contributed by atoms with E-state index < -0.39 is 0 Å². The molecule has 0 spiro atoms. The van der Waals surface area contributed by atoms with Gasteiger partial charge in [0.05, 0.1) is 20.3 Å². The van der Waals surface area contributed by atoms with Crippen molar-refractivity contribution in [1.82, 2.24) is 5.43 Å². The largest absolute Gasteiger partial charge is 0.497 e. The fourth-order valence-corrected chi connectivity index (χ4v) is 2.72. The van der Waals surface area contributed by atoms with Crippen molar-refractivity contribution in [3.05, 3.63) is 64.7 Å². The van der Waals surface area contributed by atoms with Crippen LogP contribution < -0.4 is 16.0 Å². The molecule has 1 unspecified atom stereocenters. The number of nitrogens with two attached hydrogens (primary N) is 1. The highest BCUT2D eigenvalue weighted by molar-refractivity contribution is 5.36. The van der Waals surface area contributed by atoms with Gasteiger partial charge in [0.15, 0.2) is 0 Å². The van der Waals surface area contributed by atoms with Crippen LogP contribution in [0.2, 0.25) is 0 Å². The summed E-state index contributed by atoms with van der Waals surface area (Å²) in [6.07, 6.45) is 0.813. The van der Waals surface area contributed by atoms with Crippen LogP contribution in [0.1, 0.15) is 28.3 Å². The zero-order valence-electron chi connectivity index (χ0n) is 12.1. The minimum absolute atomic E-state index is 0.0722. The summed E-state index contributed by atoms with van der Waals surface area (Å²) in [4.78, 5) is 0. The highest BCUT2D eigenvalue weighted by Crippen LogP contribution is 2.26. The Labute approximate surface area is 124 Å². The molecule has 1 aliphatic heterocycles. The lowest BCUT2D eigenvalue weighted by Gasteiger charge is -2.17. The van der Waals surface area contributed by atoms with Gasteiger partial charge in [-0.25, -0.2) is 0 Å². The first kappa shape index (κ1) is 14.1. The van der Waals surface area contributed by atoms with E-state index in [1.165, 1.54) is 22.3 Å². The lowest BCUT2D eigenvalue weighted by Crippen LogP contribution is -2.29. The SMILES string of the molecule is COc1cccc(CC(NN)c2ccc3c(c2)COC3)c1. The van der Waals surface area contributed by atoms with Crippen LogP contribution in [0, 0.1) is 0 Å². The predicted molar refractivity (Wildman–Crippen MR) is 81.7 cm³/mol. The first-order valence-electron chi connectivity index (χ1n) is 7.08. The zero-order chi connectivity index (χ0) is 14.7. The van der Waals surface area contributed by atoms with E-state index in [0.717, 1.165) is 12.2 Å². The van der Waals surface area contributed by atoms with Gasteiger partial charge in [0.25, 0.3) is 0 Å². The Morgan fingerprint density at radius 1 is 1.19 bits per heavy atom. The molecule has 4 nitrogen and oxygen atoms in total. The van der Waals surface area contributed by atoms with Gasteiger partial charge in [-0.05, 0) is 40.8 Å². The summed E-state index contributed by atoms with van der Waals surface area (Å²) in [5.74, 6) is 6.62. The van der Waals surface area contributed by atoms with Gasteiger partial charge in [-0.2, -0.15) is 0 Å². The Bertz CT molecular complexity index is 628. The Balaban J connectivity index is 1.81. The number of ether oxygens (including phenoxy) is 2. The van der Waals surface area contributed by atoms with Crippen molar-refractivity contribution in [2.75, 3.05) is 7.11 Å². The molecule has 0 saturated carbocycles. The molecule has 0 aliphatic carbocycles. The fourth-order valence-electron chi connectivity index (χ4n) is 2.72. The fraction of sp³-hybridized carbons (Fsp3) is 0.294. The molecule has 2 aromatic carbocycles. The molecule has 0 bridgehead atoms. The van der Waals surface area contributed by atoms with Crippen molar-refractivity contribution in [3.63, 3.8) is 0 Å². The number of hydrazine groups is 1. The lowest BCUT2D eigenvalue weighted by molar-refractivity contribution is 0.134. The number of fused-ring (bicyclic) bond motifs is 1. The molecule has 4 heteroatoms. The zero-order valence-corrected chi connectivity index (χ0v) is 12.1. The van der Waals surface area contributed by atoms with Crippen LogP contribution in [0.5, 0.6) is 5.75 Å². The van der Waals surface area contributed by atoms with E-state index in [2.05, 4.69) is 29.7 Å². The minimum atomic E-state index is 0.0722. The van der Waals surface area contributed by atoms with Gasteiger partial charge in [0, 0.05) is 6.04 Å². The summed E-state index contributed by atoms with van der Waals surface area (Å²) in [5, 5.41) is 0. The Morgan fingerprint density at radius 3 is 2.86 bits per heavy atom. The summed E-state index contributed by atoms with van der Waals surface area (Å²) >= 11 is 0. The molecule has 3 N–H and O–H groups in total. The average Bonchev–Trinajstić information content (AvgIpc) is 3.00. The summed E-state index contributed by atoms with van der Waals surface area (Å²) < 4.78 is 10.7. The second kappa shape index (κ2) is 6.26. The van der Waals surface area contributed by atoms with E-state index in [-0.39, 0.29) is 6.04 Å². The Hall–Kier alpha value is -1.88. The topological polar surface area (TPSA) is 56.5 Å². The van der Waals surface area contributed by atoms with E-state index in [4.69, 9.17) is 15.3 Å². The van der Waals surface area contributed by atoms with Crippen molar-refractivity contribution in [1.29, 1.82) is 0 Å². The standard InChI is InChI=1S/C17H20N2O2/c1-20-16-4-2-3-12(7-16)8-17(19-18)13-5-6-14-10-21-11-15(14)9-13/h2-7,9,17,19H,8,10-11,18H2,1H3. The molecule has 0 aromatic heterocycles. The third kappa shape index (κ3) is 3.08. The smallest absolute Gasteiger partial charge is 0.119 e. The van der Waals surface area contributed by atoms with Crippen LogP contribution >= 0.6 is 0 Å². The maximum Gasteiger partial charge on any atom is 0.119 e. The van der Waals surface area contributed by atoms with Crippen LogP contribution in [-0.4, -0.2) is 7.11 Å². The van der Waals surface area contributed by atoms with Gasteiger partial charge in [-0.1, -0.05) is 30.3 Å². The van der Waals surface area contributed by atoms with Crippen LogP contribution in [0.3, 0.4) is 0 Å². The summed E-state index contributed by atoms with van der Waals surface area (Å²) in [6, 6.07) is 14.6. The van der Waals surface area contributed by atoms with Gasteiger partial charge >= 0.3 is 0 Å². The summed E-state index contributed by atoms with van der Waals surface area (Å²) in [5.41, 5.74) is 7.82. The lowest BCUT2D eigenvalue weighted by atomic mass is 9.96. The molecule has 0 amide bonds. The molecular formula is C17H20N2O2. The van der Waals surface area contributed by atoms with Gasteiger partial charge in [0.2, 0.25) is 0 Å². The van der Waals surface area contributed by atoms with Crippen molar-refractivity contribution in [2.45, 2.75) is 25.7 Å². The number of hydrogen-bond acceptors (Lipinski definition) is 4. The maximum atomic E-state index is 5.76. The first-order chi connectivity index (χ1) is 10.3. The van der Waals surface area contributed by atoms with E-state index in [9.17, 15) is 0 Å². The molecular weight excluding hydrogens is 264 g/mol. The second-order valence-corrected chi connectivity index (χ2v) is 5.30. The van der Waals surface area contributed by atoms with E-state index in [1.807, 2.05) is 18.2 Å². The number of rotatable bonds is 5. The van der Waals surface area contributed by atoms with Gasteiger partial charge < -0.3 is 9.47 Å². The Morgan fingerprint density at radius 2 is 2.05 bits per heavy atom.